The van der Waals surface area contributed by atoms with E-state index >= 15 is 0 Å². The molecule has 0 amide bonds. The fourth-order valence-corrected chi connectivity index (χ4v) is 3.66. The number of hydrogen-bond acceptors (Lipinski definition) is 3. The second-order valence-electron chi connectivity index (χ2n) is 6.70. The minimum absolute atomic E-state index is 0.124. The minimum Gasteiger partial charge on any atom is -0.308 e. The largest absolute Gasteiger partial charge is 0.308 e. The highest BCUT2D eigenvalue weighted by atomic mass is 35.5. The summed E-state index contributed by atoms with van der Waals surface area (Å²) >= 11 is 6.43. The molecule has 1 fully saturated rings. The average molecular weight is 357 g/mol. The van der Waals surface area contributed by atoms with Crippen LogP contribution in [0.5, 0.6) is 0 Å². The van der Waals surface area contributed by atoms with E-state index in [0.717, 1.165) is 41.3 Å². The van der Waals surface area contributed by atoms with Gasteiger partial charge < -0.3 is 5.32 Å². The van der Waals surface area contributed by atoms with Crippen LogP contribution in [-0.4, -0.2) is 36.9 Å². The lowest BCUT2D eigenvalue weighted by molar-refractivity contribution is 0.0987. The third kappa shape index (κ3) is 4.69. The van der Waals surface area contributed by atoms with Crippen molar-refractivity contribution in [2.24, 2.45) is 0 Å². The predicted molar refractivity (Wildman–Crippen MR) is 103 cm³/mol. The van der Waals surface area contributed by atoms with Gasteiger partial charge in [-0.15, -0.1) is 0 Å². The number of nitrogens with zero attached hydrogens (tertiary/aromatic N) is 1. The van der Waals surface area contributed by atoms with E-state index in [-0.39, 0.29) is 11.8 Å². The normalized spacial score (nSPS) is 16.1. The second kappa shape index (κ2) is 8.61. The molecule has 132 valence electrons. The molecule has 1 heterocycles. The molecule has 0 saturated carbocycles. The van der Waals surface area contributed by atoms with Crippen molar-refractivity contribution in [2.75, 3.05) is 26.2 Å². The molecule has 1 aliphatic heterocycles. The van der Waals surface area contributed by atoms with Crippen molar-refractivity contribution in [1.82, 2.24) is 10.2 Å². The first-order valence-corrected chi connectivity index (χ1v) is 9.32. The van der Waals surface area contributed by atoms with E-state index in [1.165, 1.54) is 12.8 Å². The molecular weight excluding hydrogens is 332 g/mol. The summed E-state index contributed by atoms with van der Waals surface area (Å²) in [7, 11) is 0. The third-order valence-electron chi connectivity index (χ3n) is 4.84. The lowest BCUT2D eigenvalue weighted by Gasteiger charge is -2.29. The molecule has 2 aromatic rings. The Morgan fingerprint density at radius 3 is 2.48 bits per heavy atom. The summed E-state index contributed by atoms with van der Waals surface area (Å²) in [6.45, 7) is 5.27. The van der Waals surface area contributed by atoms with Gasteiger partial charge in [0.1, 0.15) is 0 Å². The van der Waals surface area contributed by atoms with Gasteiger partial charge in [-0.1, -0.05) is 59.6 Å². The lowest BCUT2D eigenvalue weighted by Crippen LogP contribution is -2.36. The number of carbonyl (C=O) groups excluding carboxylic acids is 1. The molecule has 25 heavy (non-hydrogen) atoms. The molecule has 0 bridgehead atoms. The highest BCUT2D eigenvalue weighted by Crippen LogP contribution is 2.29. The maximum Gasteiger partial charge on any atom is 0.176 e. The third-order valence-corrected chi connectivity index (χ3v) is 5.19. The van der Waals surface area contributed by atoms with E-state index in [0.29, 0.717) is 6.54 Å². The van der Waals surface area contributed by atoms with Crippen LogP contribution in [0, 0.1) is 6.92 Å². The SMILES string of the molecule is Cc1ccc(C(=O)CNCC(c2ccccc2Cl)N2CCCC2)cc1. The molecular formula is C21H25ClN2O. The van der Waals surface area contributed by atoms with E-state index in [1.54, 1.807) is 0 Å². The van der Waals surface area contributed by atoms with Crippen LogP contribution in [0.25, 0.3) is 0 Å². The van der Waals surface area contributed by atoms with E-state index in [2.05, 4.69) is 16.3 Å². The predicted octanol–water partition coefficient (Wildman–Crippen LogP) is 4.26. The van der Waals surface area contributed by atoms with Crippen LogP contribution in [0.3, 0.4) is 0 Å². The number of hydrogen-bond donors (Lipinski definition) is 1. The van der Waals surface area contributed by atoms with Crippen LogP contribution >= 0.6 is 11.6 Å². The molecule has 0 spiro atoms. The Hall–Kier alpha value is -1.68. The first-order valence-electron chi connectivity index (χ1n) is 8.94. The number of halogens is 1. The molecule has 1 N–H and O–H groups in total. The number of ketones is 1. The summed E-state index contributed by atoms with van der Waals surface area (Å²) in [6.07, 6.45) is 2.45. The summed E-state index contributed by atoms with van der Waals surface area (Å²) < 4.78 is 0. The second-order valence-corrected chi connectivity index (χ2v) is 7.11. The Labute approximate surface area is 155 Å². The summed E-state index contributed by atoms with van der Waals surface area (Å²) in [5, 5.41) is 4.15. The molecule has 3 rings (SSSR count). The summed E-state index contributed by atoms with van der Waals surface area (Å²) in [5.74, 6) is 0.124. The Morgan fingerprint density at radius 2 is 1.80 bits per heavy atom. The lowest BCUT2D eigenvalue weighted by atomic mass is 10.0. The van der Waals surface area contributed by atoms with E-state index in [9.17, 15) is 4.79 Å². The van der Waals surface area contributed by atoms with Gasteiger partial charge in [0.05, 0.1) is 6.54 Å². The molecule has 2 aromatic carbocycles. The van der Waals surface area contributed by atoms with Crippen LogP contribution in [0.2, 0.25) is 5.02 Å². The summed E-state index contributed by atoms with van der Waals surface area (Å²) in [5.41, 5.74) is 3.06. The minimum atomic E-state index is 0.124. The van der Waals surface area contributed by atoms with Crippen molar-refractivity contribution in [3.8, 4) is 0 Å². The van der Waals surface area contributed by atoms with Gasteiger partial charge in [-0.2, -0.15) is 0 Å². The Kier molecular flexibility index (Phi) is 6.24. The van der Waals surface area contributed by atoms with Gasteiger partial charge >= 0.3 is 0 Å². The van der Waals surface area contributed by atoms with Gasteiger partial charge in [-0.3, -0.25) is 9.69 Å². The van der Waals surface area contributed by atoms with Crippen molar-refractivity contribution in [3.05, 3.63) is 70.2 Å². The summed E-state index contributed by atoms with van der Waals surface area (Å²) in [6, 6.07) is 16.0. The van der Waals surface area contributed by atoms with Gasteiger partial charge in [0.15, 0.2) is 5.78 Å². The van der Waals surface area contributed by atoms with E-state index < -0.39 is 0 Å². The fourth-order valence-electron chi connectivity index (χ4n) is 3.40. The van der Waals surface area contributed by atoms with Gasteiger partial charge in [0, 0.05) is 23.2 Å². The highest BCUT2D eigenvalue weighted by molar-refractivity contribution is 6.31. The van der Waals surface area contributed by atoms with Gasteiger partial charge in [-0.25, -0.2) is 0 Å². The number of aryl methyl sites for hydroxylation is 1. The van der Waals surface area contributed by atoms with Crippen LogP contribution in [0.15, 0.2) is 48.5 Å². The molecule has 1 saturated heterocycles. The van der Waals surface area contributed by atoms with E-state index in [4.69, 9.17) is 11.6 Å². The Balaban J connectivity index is 1.64. The maximum absolute atomic E-state index is 12.4. The molecule has 1 aliphatic rings. The average Bonchev–Trinajstić information content (AvgIpc) is 3.14. The number of Topliss-reactive ketones (excluding diaryl/α,β-unsaturated/α-hetero) is 1. The molecule has 4 heteroatoms. The molecule has 0 aliphatic carbocycles. The van der Waals surface area contributed by atoms with Crippen molar-refractivity contribution in [2.45, 2.75) is 25.8 Å². The molecule has 1 atom stereocenters. The van der Waals surface area contributed by atoms with Gasteiger partial charge in [0.2, 0.25) is 0 Å². The van der Waals surface area contributed by atoms with Gasteiger partial charge in [-0.05, 0) is 44.5 Å². The molecule has 0 aromatic heterocycles. The van der Waals surface area contributed by atoms with Gasteiger partial charge in [0.25, 0.3) is 0 Å². The fraction of sp³-hybridized carbons (Fsp3) is 0.381. The molecule has 0 radical (unpaired) electrons. The van der Waals surface area contributed by atoms with Crippen LogP contribution < -0.4 is 5.32 Å². The topological polar surface area (TPSA) is 32.3 Å². The zero-order valence-electron chi connectivity index (χ0n) is 14.7. The van der Waals surface area contributed by atoms with Crippen LogP contribution in [0.1, 0.15) is 40.4 Å². The van der Waals surface area contributed by atoms with Crippen LogP contribution in [-0.2, 0) is 0 Å². The number of rotatable bonds is 7. The van der Waals surface area contributed by atoms with Crippen LogP contribution in [0.4, 0.5) is 0 Å². The van der Waals surface area contributed by atoms with Crippen molar-refractivity contribution < 1.29 is 4.79 Å². The smallest absolute Gasteiger partial charge is 0.176 e. The van der Waals surface area contributed by atoms with Crippen molar-refractivity contribution in [1.29, 1.82) is 0 Å². The number of carbonyl (C=O) groups is 1. The molecule has 1 unspecified atom stereocenters. The molecule has 3 nitrogen and oxygen atoms in total. The Morgan fingerprint density at radius 1 is 1.12 bits per heavy atom. The number of benzene rings is 2. The monoisotopic (exact) mass is 356 g/mol. The highest BCUT2D eigenvalue weighted by Gasteiger charge is 2.24. The zero-order chi connectivity index (χ0) is 17.6. The van der Waals surface area contributed by atoms with E-state index in [1.807, 2.05) is 49.4 Å². The number of nitrogens with one attached hydrogen (secondary N) is 1. The van der Waals surface area contributed by atoms with Crippen molar-refractivity contribution in [3.63, 3.8) is 0 Å². The van der Waals surface area contributed by atoms with Crippen molar-refractivity contribution >= 4 is 17.4 Å². The standard InChI is InChI=1S/C21H25ClN2O/c1-16-8-10-17(11-9-16)21(25)15-23-14-20(24-12-4-5-13-24)18-6-2-3-7-19(18)22/h2-3,6-11,20,23H,4-5,12-15H2,1H3. The summed E-state index contributed by atoms with van der Waals surface area (Å²) in [4.78, 5) is 14.8. The Bertz CT molecular complexity index is 708. The number of likely N-dealkylation sites (tertiary alicyclic amines) is 1. The quantitative estimate of drug-likeness (QED) is 0.752. The first kappa shape index (κ1) is 18.1. The maximum atomic E-state index is 12.4. The zero-order valence-corrected chi connectivity index (χ0v) is 15.4. The first-order chi connectivity index (χ1) is 12.1.